The highest BCUT2D eigenvalue weighted by atomic mass is 127. The molecular weight excluding hydrogens is 353 g/mol. The fraction of sp³-hybridized carbons (Fsp3) is 0.500. The van der Waals surface area contributed by atoms with Gasteiger partial charge in [0.2, 0.25) is 0 Å². The Morgan fingerprint density at radius 2 is 2.21 bits per heavy atom. The Bertz CT molecular complexity index is 478. The van der Waals surface area contributed by atoms with Crippen molar-refractivity contribution in [3.8, 4) is 0 Å². The van der Waals surface area contributed by atoms with Gasteiger partial charge in [0, 0.05) is 29.7 Å². The summed E-state index contributed by atoms with van der Waals surface area (Å²) >= 11 is 2.25. The van der Waals surface area contributed by atoms with Gasteiger partial charge in [-0.3, -0.25) is 4.79 Å². The highest BCUT2D eigenvalue weighted by Gasteiger charge is 2.29. The minimum Gasteiger partial charge on any atom is -0.332 e. The van der Waals surface area contributed by atoms with Gasteiger partial charge in [0.25, 0.3) is 5.91 Å². The molecule has 104 valence electrons. The molecule has 0 aromatic heterocycles. The maximum atomic E-state index is 12.7. The fourth-order valence-electron chi connectivity index (χ4n) is 2.45. The van der Waals surface area contributed by atoms with Crippen LogP contribution in [0.1, 0.15) is 15.9 Å². The van der Waals surface area contributed by atoms with Gasteiger partial charge in [-0.2, -0.15) is 0 Å². The van der Waals surface area contributed by atoms with Crippen molar-refractivity contribution >= 4 is 28.5 Å². The molecule has 4 nitrogen and oxygen atoms in total. The Balaban J connectivity index is 2.25. The average Bonchev–Trinajstić information content (AvgIpc) is 2.41. The first kappa shape index (κ1) is 14.7. The lowest BCUT2D eigenvalue weighted by Gasteiger charge is -2.39. The summed E-state index contributed by atoms with van der Waals surface area (Å²) in [6, 6.07) is 5.99. The highest BCUT2D eigenvalue weighted by Crippen LogP contribution is 2.20. The molecule has 1 aromatic carbocycles. The van der Waals surface area contributed by atoms with Crippen molar-refractivity contribution in [3.05, 3.63) is 32.9 Å². The van der Waals surface area contributed by atoms with E-state index in [-0.39, 0.29) is 11.9 Å². The predicted octanol–water partition coefficient (Wildman–Crippen LogP) is 1.31. The number of nitrogens with zero attached hydrogens (tertiary/aromatic N) is 2. The molecule has 0 saturated carbocycles. The predicted molar refractivity (Wildman–Crippen MR) is 85.3 cm³/mol. The van der Waals surface area contributed by atoms with Crippen molar-refractivity contribution in [1.29, 1.82) is 0 Å². The van der Waals surface area contributed by atoms with Crippen LogP contribution in [-0.4, -0.2) is 55.0 Å². The Morgan fingerprint density at radius 3 is 2.89 bits per heavy atom. The molecule has 1 aliphatic rings. The van der Waals surface area contributed by atoms with Gasteiger partial charge in [-0.1, -0.05) is 12.1 Å². The first-order chi connectivity index (χ1) is 9.04. The lowest BCUT2D eigenvalue weighted by molar-refractivity contribution is 0.0515. The van der Waals surface area contributed by atoms with Crippen LogP contribution in [0.4, 0.5) is 0 Å². The van der Waals surface area contributed by atoms with Crippen molar-refractivity contribution in [2.45, 2.75) is 13.0 Å². The topological polar surface area (TPSA) is 49.6 Å². The third-order valence-electron chi connectivity index (χ3n) is 3.64. The second-order valence-electron chi connectivity index (χ2n) is 5.09. The average molecular weight is 373 g/mol. The smallest absolute Gasteiger partial charge is 0.255 e. The molecule has 2 rings (SSSR count). The van der Waals surface area contributed by atoms with Gasteiger partial charge < -0.3 is 15.5 Å². The van der Waals surface area contributed by atoms with E-state index in [1.807, 2.05) is 30.0 Å². The molecular formula is C14H20IN3O. The van der Waals surface area contributed by atoms with Crippen LogP contribution in [0.3, 0.4) is 0 Å². The van der Waals surface area contributed by atoms with E-state index >= 15 is 0 Å². The van der Waals surface area contributed by atoms with Gasteiger partial charge in [-0.05, 0) is 48.2 Å². The van der Waals surface area contributed by atoms with Gasteiger partial charge in [0.1, 0.15) is 0 Å². The Morgan fingerprint density at radius 1 is 1.47 bits per heavy atom. The van der Waals surface area contributed by atoms with E-state index in [1.165, 1.54) is 0 Å². The molecule has 1 aromatic rings. The normalized spacial score (nSPS) is 20.6. The van der Waals surface area contributed by atoms with E-state index in [0.717, 1.165) is 34.3 Å². The summed E-state index contributed by atoms with van der Waals surface area (Å²) in [7, 11) is 2.07. The van der Waals surface area contributed by atoms with Crippen LogP contribution in [0.5, 0.6) is 0 Å². The van der Waals surface area contributed by atoms with Gasteiger partial charge >= 0.3 is 0 Å². The number of hydrogen-bond donors (Lipinski definition) is 1. The van der Waals surface area contributed by atoms with E-state index in [9.17, 15) is 4.79 Å². The van der Waals surface area contributed by atoms with E-state index in [1.54, 1.807) is 0 Å². The summed E-state index contributed by atoms with van der Waals surface area (Å²) in [5.41, 5.74) is 7.76. The molecule has 1 heterocycles. The number of halogens is 1. The summed E-state index contributed by atoms with van der Waals surface area (Å²) in [6.45, 7) is 5.05. The van der Waals surface area contributed by atoms with Crippen LogP contribution in [0.2, 0.25) is 0 Å². The SMILES string of the molecule is Cc1cccc(C(=O)N2CCN(C)CC2CN)c1I. The zero-order valence-corrected chi connectivity index (χ0v) is 13.6. The van der Waals surface area contributed by atoms with Gasteiger partial charge in [-0.25, -0.2) is 0 Å². The zero-order valence-electron chi connectivity index (χ0n) is 11.4. The number of carbonyl (C=O) groups is 1. The second kappa shape index (κ2) is 6.19. The number of benzene rings is 1. The molecule has 0 aliphatic carbocycles. The van der Waals surface area contributed by atoms with Gasteiger partial charge in [-0.15, -0.1) is 0 Å². The minimum absolute atomic E-state index is 0.108. The number of rotatable bonds is 2. The van der Waals surface area contributed by atoms with Gasteiger partial charge in [0.05, 0.1) is 11.6 Å². The number of carbonyl (C=O) groups excluding carboxylic acids is 1. The van der Waals surface area contributed by atoms with E-state index < -0.39 is 0 Å². The summed E-state index contributed by atoms with van der Waals surface area (Å²) < 4.78 is 1.04. The molecule has 0 spiro atoms. The number of aryl methyl sites for hydroxylation is 1. The quantitative estimate of drug-likeness (QED) is 0.796. The summed E-state index contributed by atoms with van der Waals surface area (Å²) in [5.74, 6) is 0.108. The van der Waals surface area contributed by atoms with Crippen molar-refractivity contribution in [3.63, 3.8) is 0 Å². The number of likely N-dealkylation sites (N-methyl/N-ethyl adjacent to an activating group) is 1. The van der Waals surface area contributed by atoms with Crippen LogP contribution in [0, 0.1) is 10.5 Å². The molecule has 1 unspecified atom stereocenters. The molecule has 19 heavy (non-hydrogen) atoms. The van der Waals surface area contributed by atoms with Crippen molar-refractivity contribution in [2.24, 2.45) is 5.73 Å². The van der Waals surface area contributed by atoms with Crippen molar-refractivity contribution in [2.75, 3.05) is 33.2 Å². The van der Waals surface area contributed by atoms with Crippen molar-refractivity contribution in [1.82, 2.24) is 9.80 Å². The van der Waals surface area contributed by atoms with Crippen molar-refractivity contribution < 1.29 is 4.79 Å². The number of piperazine rings is 1. The monoisotopic (exact) mass is 373 g/mol. The molecule has 0 bridgehead atoms. The Labute approximate surface area is 128 Å². The molecule has 1 atom stereocenters. The molecule has 2 N–H and O–H groups in total. The third-order valence-corrected chi connectivity index (χ3v) is 5.07. The third kappa shape index (κ3) is 3.09. The van der Waals surface area contributed by atoms with E-state index in [4.69, 9.17) is 5.73 Å². The van der Waals surface area contributed by atoms with Crippen LogP contribution in [0.25, 0.3) is 0 Å². The standard InChI is InChI=1S/C14H20IN3O/c1-10-4-3-5-12(13(10)15)14(19)18-7-6-17(2)9-11(18)8-16/h3-5,11H,6-9,16H2,1-2H3. The lowest BCUT2D eigenvalue weighted by Crippen LogP contribution is -2.56. The summed E-state index contributed by atoms with van der Waals surface area (Å²) in [4.78, 5) is 16.8. The maximum absolute atomic E-state index is 12.7. The van der Waals surface area contributed by atoms with Crippen LogP contribution in [0.15, 0.2) is 18.2 Å². The molecule has 1 fully saturated rings. The summed E-state index contributed by atoms with van der Waals surface area (Å²) in [6.07, 6.45) is 0. The second-order valence-corrected chi connectivity index (χ2v) is 6.17. The molecule has 5 heteroatoms. The van der Waals surface area contributed by atoms with E-state index in [0.29, 0.717) is 6.54 Å². The number of hydrogen-bond acceptors (Lipinski definition) is 3. The highest BCUT2D eigenvalue weighted by molar-refractivity contribution is 14.1. The first-order valence-corrected chi connectivity index (χ1v) is 7.57. The van der Waals surface area contributed by atoms with Gasteiger partial charge in [0.15, 0.2) is 0 Å². The maximum Gasteiger partial charge on any atom is 0.255 e. The number of amides is 1. The van der Waals surface area contributed by atoms with E-state index in [2.05, 4.69) is 34.5 Å². The molecule has 0 radical (unpaired) electrons. The lowest BCUT2D eigenvalue weighted by atomic mass is 10.1. The molecule has 1 saturated heterocycles. The number of nitrogens with two attached hydrogens (primary N) is 1. The van der Waals surface area contributed by atoms with Crippen LogP contribution >= 0.6 is 22.6 Å². The Kier molecular flexibility index (Phi) is 4.81. The fourth-order valence-corrected chi connectivity index (χ4v) is 3.04. The minimum atomic E-state index is 0.108. The molecule has 1 amide bonds. The zero-order chi connectivity index (χ0) is 14.0. The first-order valence-electron chi connectivity index (χ1n) is 6.49. The largest absolute Gasteiger partial charge is 0.332 e. The summed E-state index contributed by atoms with van der Waals surface area (Å²) in [5, 5.41) is 0. The van der Waals surface area contributed by atoms with Crippen LogP contribution < -0.4 is 5.73 Å². The Hall–Kier alpha value is -0.660. The van der Waals surface area contributed by atoms with Crippen LogP contribution in [-0.2, 0) is 0 Å². The molecule has 1 aliphatic heterocycles.